The van der Waals surface area contributed by atoms with E-state index in [1.807, 2.05) is 45.0 Å². The van der Waals surface area contributed by atoms with Crippen LogP contribution in [0.5, 0.6) is 11.5 Å². The molecule has 10 heteroatoms. The maximum Gasteiger partial charge on any atom is 0.244 e. The molecular weight excluding hydrogens is 482 g/mol. The van der Waals surface area contributed by atoms with Crippen molar-refractivity contribution >= 4 is 27.5 Å². The largest absolute Gasteiger partial charge is 0.486 e. The second kappa shape index (κ2) is 12.1. The Kier molecular flexibility index (Phi) is 9.19. The van der Waals surface area contributed by atoms with E-state index in [1.165, 1.54) is 4.90 Å². The zero-order valence-electron chi connectivity index (χ0n) is 21.3. The number of nitrogens with one attached hydrogen (secondary N) is 1. The topological polar surface area (TPSA) is 105 Å². The lowest BCUT2D eigenvalue weighted by atomic mass is 10.1. The zero-order chi connectivity index (χ0) is 26.3. The van der Waals surface area contributed by atoms with Gasteiger partial charge in [-0.1, -0.05) is 43.7 Å². The van der Waals surface area contributed by atoms with Crippen LogP contribution >= 0.6 is 0 Å². The minimum absolute atomic E-state index is 0.178. The van der Waals surface area contributed by atoms with E-state index < -0.39 is 28.5 Å². The summed E-state index contributed by atoms with van der Waals surface area (Å²) in [5, 5.41) is 2.87. The molecule has 36 heavy (non-hydrogen) atoms. The van der Waals surface area contributed by atoms with E-state index in [0.29, 0.717) is 37.7 Å². The van der Waals surface area contributed by atoms with E-state index >= 15 is 0 Å². The van der Waals surface area contributed by atoms with Gasteiger partial charge in [-0.15, -0.1) is 0 Å². The van der Waals surface area contributed by atoms with Gasteiger partial charge in [-0.3, -0.25) is 13.9 Å². The SMILES string of the molecule is CCCNC(=O)C(CC)N(Cc1cccc(C)c1)C(=O)CN(c1ccc2c(c1)OCCO2)S(C)(=O)=O. The van der Waals surface area contributed by atoms with Crippen molar-refractivity contribution in [3.05, 3.63) is 53.6 Å². The highest BCUT2D eigenvalue weighted by Crippen LogP contribution is 2.34. The normalized spacial score (nSPS) is 13.6. The van der Waals surface area contributed by atoms with Crippen molar-refractivity contribution in [1.29, 1.82) is 0 Å². The summed E-state index contributed by atoms with van der Waals surface area (Å²) in [6.45, 7) is 6.72. The van der Waals surface area contributed by atoms with Crippen LogP contribution in [0.2, 0.25) is 0 Å². The Morgan fingerprint density at radius 2 is 1.78 bits per heavy atom. The van der Waals surface area contributed by atoms with E-state index in [1.54, 1.807) is 18.2 Å². The molecule has 1 aliphatic rings. The van der Waals surface area contributed by atoms with Gasteiger partial charge in [0.15, 0.2) is 11.5 Å². The lowest BCUT2D eigenvalue weighted by molar-refractivity contribution is -0.140. The maximum atomic E-state index is 13.7. The van der Waals surface area contributed by atoms with Gasteiger partial charge < -0.3 is 19.7 Å². The van der Waals surface area contributed by atoms with Crippen LogP contribution in [0.3, 0.4) is 0 Å². The average molecular weight is 518 g/mol. The van der Waals surface area contributed by atoms with Gasteiger partial charge in [-0.2, -0.15) is 0 Å². The highest BCUT2D eigenvalue weighted by atomic mass is 32.2. The lowest BCUT2D eigenvalue weighted by Crippen LogP contribution is -2.52. The van der Waals surface area contributed by atoms with Gasteiger partial charge in [0.2, 0.25) is 21.8 Å². The van der Waals surface area contributed by atoms with Gasteiger partial charge in [0.25, 0.3) is 0 Å². The van der Waals surface area contributed by atoms with Crippen molar-refractivity contribution in [3.63, 3.8) is 0 Å². The molecule has 1 unspecified atom stereocenters. The van der Waals surface area contributed by atoms with E-state index in [4.69, 9.17) is 9.47 Å². The molecule has 0 fully saturated rings. The van der Waals surface area contributed by atoms with Crippen molar-refractivity contribution < 1.29 is 27.5 Å². The fourth-order valence-electron chi connectivity index (χ4n) is 4.09. The molecule has 0 aliphatic carbocycles. The fourth-order valence-corrected chi connectivity index (χ4v) is 4.94. The van der Waals surface area contributed by atoms with Gasteiger partial charge in [0.05, 0.1) is 11.9 Å². The number of fused-ring (bicyclic) bond motifs is 1. The summed E-state index contributed by atoms with van der Waals surface area (Å²) in [6, 6.07) is 11.7. The summed E-state index contributed by atoms with van der Waals surface area (Å²) in [5.74, 6) is 0.201. The summed E-state index contributed by atoms with van der Waals surface area (Å²) in [5.41, 5.74) is 2.17. The van der Waals surface area contributed by atoms with E-state index in [-0.39, 0.29) is 18.1 Å². The van der Waals surface area contributed by atoms with Gasteiger partial charge >= 0.3 is 0 Å². The average Bonchev–Trinajstić information content (AvgIpc) is 2.84. The molecule has 0 saturated carbocycles. The number of ether oxygens (including phenoxy) is 2. The number of carbonyl (C=O) groups is 2. The zero-order valence-corrected chi connectivity index (χ0v) is 22.1. The Morgan fingerprint density at radius 1 is 1.06 bits per heavy atom. The molecule has 0 aromatic heterocycles. The van der Waals surface area contributed by atoms with E-state index in [0.717, 1.165) is 28.1 Å². The second-order valence-corrected chi connectivity index (χ2v) is 10.7. The predicted octanol–water partition coefficient (Wildman–Crippen LogP) is 2.87. The molecule has 0 bridgehead atoms. The number of rotatable bonds is 11. The second-order valence-electron chi connectivity index (χ2n) is 8.82. The van der Waals surface area contributed by atoms with E-state index in [9.17, 15) is 18.0 Å². The highest BCUT2D eigenvalue weighted by molar-refractivity contribution is 7.92. The fraction of sp³-hybridized carbons (Fsp3) is 0.462. The summed E-state index contributed by atoms with van der Waals surface area (Å²) in [7, 11) is -3.83. The van der Waals surface area contributed by atoms with Gasteiger partial charge in [-0.25, -0.2) is 8.42 Å². The minimum Gasteiger partial charge on any atom is -0.486 e. The Labute approximate surface area is 213 Å². The number of amides is 2. The molecule has 1 atom stereocenters. The monoisotopic (exact) mass is 517 g/mol. The van der Waals surface area contributed by atoms with Crippen molar-refractivity contribution in [2.45, 2.75) is 46.2 Å². The van der Waals surface area contributed by atoms with Crippen LogP contribution in [0.4, 0.5) is 5.69 Å². The van der Waals surface area contributed by atoms with Crippen LogP contribution in [0.1, 0.15) is 37.8 Å². The number of hydrogen-bond donors (Lipinski definition) is 1. The predicted molar refractivity (Wildman–Crippen MR) is 139 cm³/mol. The molecule has 3 rings (SSSR count). The Bertz CT molecular complexity index is 1180. The molecule has 0 saturated heterocycles. The van der Waals surface area contributed by atoms with E-state index in [2.05, 4.69) is 5.32 Å². The van der Waals surface area contributed by atoms with Crippen LogP contribution < -0.4 is 19.1 Å². The van der Waals surface area contributed by atoms with Crippen LogP contribution in [0.15, 0.2) is 42.5 Å². The van der Waals surface area contributed by atoms with Crippen molar-refractivity contribution in [3.8, 4) is 11.5 Å². The highest BCUT2D eigenvalue weighted by Gasteiger charge is 2.32. The van der Waals surface area contributed by atoms with Crippen LogP contribution in [-0.4, -0.2) is 63.7 Å². The first-order chi connectivity index (χ1) is 17.1. The third kappa shape index (κ3) is 6.90. The molecule has 0 radical (unpaired) electrons. The molecule has 2 aromatic rings. The number of benzene rings is 2. The van der Waals surface area contributed by atoms with Crippen LogP contribution in [-0.2, 0) is 26.2 Å². The number of aryl methyl sites for hydroxylation is 1. The Morgan fingerprint density at radius 3 is 2.42 bits per heavy atom. The van der Waals surface area contributed by atoms with Gasteiger partial charge in [-0.05, 0) is 37.5 Å². The van der Waals surface area contributed by atoms with Gasteiger partial charge in [0, 0.05) is 19.2 Å². The lowest BCUT2D eigenvalue weighted by Gasteiger charge is -2.33. The van der Waals surface area contributed by atoms with Crippen molar-refractivity contribution in [2.24, 2.45) is 0 Å². The molecule has 1 heterocycles. The van der Waals surface area contributed by atoms with Crippen LogP contribution in [0.25, 0.3) is 0 Å². The first-order valence-electron chi connectivity index (χ1n) is 12.1. The minimum atomic E-state index is -3.83. The van der Waals surface area contributed by atoms with Crippen LogP contribution in [0, 0.1) is 6.92 Å². The number of nitrogens with zero attached hydrogens (tertiary/aromatic N) is 2. The number of sulfonamides is 1. The Hall–Kier alpha value is -3.27. The first-order valence-corrected chi connectivity index (χ1v) is 14.0. The smallest absolute Gasteiger partial charge is 0.244 e. The maximum absolute atomic E-state index is 13.7. The number of carbonyl (C=O) groups excluding carboxylic acids is 2. The summed E-state index contributed by atoms with van der Waals surface area (Å²) < 4.78 is 37.7. The third-order valence-electron chi connectivity index (χ3n) is 5.86. The molecular formula is C26H35N3O6S. The number of anilines is 1. The number of hydrogen-bond acceptors (Lipinski definition) is 6. The third-order valence-corrected chi connectivity index (χ3v) is 7.00. The summed E-state index contributed by atoms with van der Waals surface area (Å²) in [6.07, 6.45) is 2.20. The molecule has 2 aromatic carbocycles. The van der Waals surface area contributed by atoms with Crippen molar-refractivity contribution in [1.82, 2.24) is 10.2 Å². The standard InChI is InChI=1S/C26H35N3O6S/c1-5-12-27-26(31)22(6-2)28(17-20-9-7-8-19(3)15-20)25(30)18-29(36(4,32)33)21-10-11-23-24(16-21)35-14-13-34-23/h7-11,15-16,22H,5-6,12-14,17-18H2,1-4H3,(H,27,31). The summed E-state index contributed by atoms with van der Waals surface area (Å²) in [4.78, 5) is 28.2. The molecule has 2 amide bonds. The molecule has 0 spiro atoms. The quantitative estimate of drug-likeness (QED) is 0.492. The van der Waals surface area contributed by atoms with Gasteiger partial charge in [0.1, 0.15) is 25.8 Å². The van der Waals surface area contributed by atoms with Crippen molar-refractivity contribution in [2.75, 3.05) is 36.9 Å². The molecule has 9 nitrogen and oxygen atoms in total. The Balaban J connectivity index is 1.94. The summed E-state index contributed by atoms with van der Waals surface area (Å²) >= 11 is 0. The molecule has 1 N–H and O–H groups in total. The molecule has 196 valence electrons. The molecule has 1 aliphatic heterocycles. The first kappa shape index (κ1) is 27.3.